The fourth-order valence-electron chi connectivity index (χ4n) is 3.52. The van der Waals surface area contributed by atoms with Crippen LogP contribution in [0.2, 0.25) is 5.02 Å². The first-order valence-corrected chi connectivity index (χ1v) is 9.85. The van der Waals surface area contributed by atoms with Gasteiger partial charge in [0.2, 0.25) is 5.91 Å². The molecule has 138 valence electrons. The highest BCUT2D eigenvalue weighted by Gasteiger charge is 2.22. The molecule has 1 aliphatic rings. The molecule has 1 amide bonds. The number of rotatable bonds is 7. The maximum Gasteiger partial charge on any atom is 0.223 e. The lowest BCUT2D eigenvalue weighted by Crippen LogP contribution is -2.39. The highest BCUT2D eigenvalue weighted by Crippen LogP contribution is 2.22. The van der Waals surface area contributed by atoms with Crippen molar-refractivity contribution in [1.29, 1.82) is 0 Å². The van der Waals surface area contributed by atoms with Crippen LogP contribution in [0.25, 0.3) is 0 Å². The van der Waals surface area contributed by atoms with E-state index in [0.717, 1.165) is 43.9 Å². The molecule has 2 aromatic rings. The van der Waals surface area contributed by atoms with Crippen LogP contribution >= 0.6 is 11.6 Å². The maximum atomic E-state index is 12.4. The van der Waals surface area contributed by atoms with Crippen molar-refractivity contribution in [2.75, 3.05) is 19.6 Å². The third-order valence-electron chi connectivity index (χ3n) is 5.09. The third-order valence-corrected chi connectivity index (χ3v) is 5.34. The molecule has 0 spiro atoms. The van der Waals surface area contributed by atoms with Gasteiger partial charge in [0.15, 0.2) is 0 Å². The SMILES string of the molecule is O=C(CCNCc1ccc(Cl)cc1)N1CCC(Cc2ccccc2)CC1. The zero-order valence-corrected chi connectivity index (χ0v) is 15.9. The molecule has 0 aliphatic carbocycles. The summed E-state index contributed by atoms with van der Waals surface area (Å²) in [6.45, 7) is 3.27. The smallest absolute Gasteiger partial charge is 0.223 e. The van der Waals surface area contributed by atoms with Gasteiger partial charge in [0.25, 0.3) is 0 Å². The molecule has 1 aliphatic heterocycles. The van der Waals surface area contributed by atoms with Crippen molar-refractivity contribution in [2.45, 2.75) is 32.2 Å². The minimum Gasteiger partial charge on any atom is -0.343 e. The second-order valence-electron chi connectivity index (χ2n) is 7.07. The van der Waals surface area contributed by atoms with Crippen molar-refractivity contribution in [3.63, 3.8) is 0 Å². The lowest BCUT2D eigenvalue weighted by Gasteiger charge is -2.32. The number of halogens is 1. The number of hydrogen-bond donors (Lipinski definition) is 1. The van der Waals surface area contributed by atoms with Gasteiger partial charge >= 0.3 is 0 Å². The number of nitrogens with one attached hydrogen (secondary N) is 1. The summed E-state index contributed by atoms with van der Waals surface area (Å²) in [4.78, 5) is 14.4. The number of piperidine rings is 1. The molecular weight excluding hydrogens is 344 g/mol. The lowest BCUT2D eigenvalue weighted by atomic mass is 9.90. The summed E-state index contributed by atoms with van der Waals surface area (Å²) in [5, 5.41) is 4.09. The Labute approximate surface area is 161 Å². The minimum absolute atomic E-state index is 0.270. The Bertz CT molecular complexity index is 679. The van der Waals surface area contributed by atoms with Gasteiger partial charge in [0.05, 0.1) is 0 Å². The highest BCUT2D eigenvalue weighted by molar-refractivity contribution is 6.30. The number of amides is 1. The molecule has 3 rings (SSSR count). The van der Waals surface area contributed by atoms with Gasteiger partial charge in [0, 0.05) is 37.6 Å². The van der Waals surface area contributed by atoms with E-state index < -0.39 is 0 Å². The Morgan fingerprint density at radius 3 is 2.38 bits per heavy atom. The third kappa shape index (κ3) is 5.86. The van der Waals surface area contributed by atoms with Crippen LogP contribution in [-0.4, -0.2) is 30.4 Å². The standard InChI is InChI=1S/C22H27ClN2O/c23-21-8-6-20(7-9-21)17-24-13-10-22(26)25-14-11-19(12-15-25)16-18-4-2-1-3-5-18/h1-9,19,24H,10-17H2. The summed E-state index contributed by atoms with van der Waals surface area (Å²) in [6, 6.07) is 18.5. The summed E-state index contributed by atoms with van der Waals surface area (Å²) in [7, 11) is 0. The molecule has 0 aromatic heterocycles. The monoisotopic (exact) mass is 370 g/mol. The van der Waals surface area contributed by atoms with Crippen LogP contribution in [0.3, 0.4) is 0 Å². The summed E-state index contributed by atoms with van der Waals surface area (Å²) in [6.07, 6.45) is 3.92. The van der Waals surface area contributed by atoms with Crippen molar-refractivity contribution in [2.24, 2.45) is 5.92 Å². The first-order chi connectivity index (χ1) is 12.7. The van der Waals surface area contributed by atoms with Gasteiger partial charge in [-0.25, -0.2) is 0 Å². The highest BCUT2D eigenvalue weighted by atomic mass is 35.5. The van der Waals surface area contributed by atoms with E-state index in [1.807, 2.05) is 29.2 Å². The van der Waals surface area contributed by atoms with Gasteiger partial charge in [-0.15, -0.1) is 0 Å². The summed E-state index contributed by atoms with van der Waals surface area (Å²) >= 11 is 5.89. The van der Waals surface area contributed by atoms with Crippen LogP contribution in [0.5, 0.6) is 0 Å². The predicted molar refractivity (Wildman–Crippen MR) is 107 cm³/mol. The number of carbonyl (C=O) groups excluding carboxylic acids is 1. The average molecular weight is 371 g/mol. The Hall–Kier alpha value is -1.84. The molecule has 0 bridgehead atoms. The number of nitrogens with zero attached hydrogens (tertiary/aromatic N) is 1. The fourth-order valence-corrected chi connectivity index (χ4v) is 3.65. The van der Waals surface area contributed by atoms with Crippen molar-refractivity contribution in [3.8, 4) is 0 Å². The number of carbonyl (C=O) groups is 1. The Kier molecular flexibility index (Phi) is 7.10. The Morgan fingerprint density at radius 2 is 1.69 bits per heavy atom. The molecule has 0 atom stereocenters. The molecule has 0 saturated carbocycles. The number of benzene rings is 2. The van der Waals surface area contributed by atoms with Crippen molar-refractivity contribution in [3.05, 3.63) is 70.7 Å². The van der Waals surface area contributed by atoms with Gasteiger partial charge < -0.3 is 10.2 Å². The number of hydrogen-bond acceptors (Lipinski definition) is 2. The summed E-state index contributed by atoms with van der Waals surface area (Å²) in [5.41, 5.74) is 2.59. The molecule has 2 aromatic carbocycles. The van der Waals surface area contributed by atoms with Gasteiger partial charge in [-0.1, -0.05) is 54.1 Å². The van der Waals surface area contributed by atoms with Crippen molar-refractivity contribution in [1.82, 2.24) is 10.2 Å². The largest absolute Gasteiger partial charge is 0.343 e. The molecule has 1 fully saturated rings. The van der Waals surface area contributed by atoms with Gasteiger partial charge in [0.1, 0.15) is 0 Å². The second kappa shape index (κ2) is 9.75. The van der Waals surface area contributed by atoms with Crippen LogP contribution in [0, 0.1) is 5.92 Å². The van der Waals surface area contributed by atoms with Crippen LogP contribution in [-0.2, 0) is 17.8 Å². The second-order valence-corrected chi connectivity index (χ2v) is 7.50. The molecule has 0 radical (unpaired) electrons. The Balaban J connectivity index is 1.32. The quantitative estimate of drug-likeness (QED) is 0.737. The van der Waals surface area contributed by atoms with E-state index >= 15 is 0 Å². The van der Waals surface area contributed by atoms with Crippen LogP contribution in [0.4, 0.5) is 0 Å². The first-order valence-electron chi connectivity index (χ1n) is 9.47. The van der Waals surface area contributed by atoms with E-state index in [4.69, 9.17) is 11.6 Å². The zero-order chi connectivity index (χ0) is 18.2. The van der Waals surface area contributed by atoms with E-state index in [0.29, 0.717) is 18.9 Å². The topological polar surface area (TPSA) is 32.3 Å². The molecular formula is C22H27ClN2O. The maximum absolute atomic E-state index is 12.4. The van der Waals surface area contributed by atoms with Crippen LogP contribution in [0.1, 0.15) is 30.4 Å². The predicted octanol–water partition coefficient (Wildman–Crippen LogP) is 4.30. The van der Waals surface area contributed by atoms with Gasteiger partial charge in [-0.05, 0) is 48.4 Å². The Morgan fingerprint density at radius 1 is 1.00 bits per heavy atom. The van der Waals surface area contributed by atoms with E-state index in [1.165, 1.54) is 11.1 Å². The van der Waals surface area contributed by atoms with Gasteiger partial charge in [-0.2, -0.15) is 0 Å². The summed E-state index contributed by atoms with van der Waals surface area (Å²) < 4.78 is 0. The molecule has 1 N–H and O–H groups in total. The average Bonchev–Trinajstić information content (AvgIpc) is 2.68. The fraction of sp³-hybridized carbons (Fsp3) is 0.409. The molecule has 3 nitrogen and oxygen atoms in total. The molecule has 26 heavy (non-hydrogen) atoms. The van der Waals surface area contributed by atoms with E-state index in [9.17, 15) is 4.79 Å². The molecule has 1 heterocycles. The van der Waals surface area contributed by atoms with Crippen molar-refractivity contribution >= 4 is 17.5 Å². The zero-order valence-electron chi connectivity index (χ0n) is 15.2. The van der Waals surface area contributed by atoms with E-state index in [1.54, 1.807) is 0 Å². The first kappa shape index (κ1) is 18.9. The molecule has 1 saturated heterocycles. The van der Waals surface area contributed by atoms with Gasteiger partial charge in [-0.3, -0.25) is 4.79 Å². The molecule has 4 heteroatoms. The minimum atomic E-state index is 0.270. The van der Waals surface area contributed by atoms with E-state index in [2.05, 4.69) is 35.6 Å². The van der Waals surface area contributed by atoms with Crippen molar-refractivity contribution < 1.29 is 4.79 Å². The summed E-state index contributed by atoms with van der Waals surface area (Å²) in [5.74, 6) is 0.969. The molecule has 0 unspecified atom stereocenters. The normalized spacial score (nSPS) is 15.2. The van der Waals surface area contributed by atoms with E-state index in [-0.39, 0.29) is 5.91 Å². The number of likely N-dealkylation sites (tertiary alicyclic amines) is 1. The van der Waals surface area contributed by atoms with Crippen LogP contribution < -0.4 is 5.32 Å². The lowest BCUT2D eigenvalue weighted by molar-refractivity contribution is -0.132. The van der Waals surface area contributed by atoms with Crippen LogP contribution in [0.15, 0.2) is 54.6 Å².